The number of halogens is 4. The molecule has 0 spiro atoms. The molecule has 1 aliphatic rings. The Kier molecular flexibility index (Phi) is 7.49. The van der Waals surface area contributed by atoms with Gasteiger partial charge in [0.05, 0.1) is 12.2 Å². The minimum atomic E-state index is -4.96. The van der Waals surface area contributed by atoms with Crippen molar-refractivity contribution in [2.45, 2.75) is 38.4 Å². The van der Waals surface area contributed by atoms with Gasteiger partial charge in [-0.2, -0.15) is 13.2 Å². The number of likely N-dealkylation sites (tertiary alicyclic amines) is 1. The number of carboxylic acids is 1. The van der Waals surface area contributed by atoms with E-state index in [2.05, 4.69) is 10.00 Å². The highest BCUT2D eigenvalue weighted by Gasteiger charge is 2.34. The third-order valence-corrected chi connectivity index (χ3v) is 5.18. The fraction of sp³-hybridized carbons (Fsp3) is 0.476. The monoisotopic (exact) mass is 457 g/mol. The summed E-state index contributed by atoms with van der Waals surface area (Å²) in [5.41, 5.74) is -2.32. The Hall–Kier alpha value is -2.95. The van der Waals surface area contributed by atoms with Gasteiger partial charge in [-0.1, -0.05) is 6.42 Å². The molecule has 32 heavy (non-hydrogen) atoms. The number of Topliss-reactive ketones (excluding diaryl/α,β-unsaturated/α-hetero) is 1. The maximum absolute atomic E-state index is 13.4. The van der Waals surface area contributed by atoms with Gasteiger partial charge in [-0.05, 0) is 50.6 Å². The Morgan fingerprint density at radius 2 is 1.84 bits per heavy atom. The molecule has 0 amide bonds. The number of hydrogen-bond donors (Lipinski definition) is 1. The van der Waals surface area contributed by atoms with Crippen molar-refractivity contribution in [2.75, 3.05) is 26.2 Å². The van der Waals surface area contributed by atoms with Crippen molar-refractivity contribution in [3.63, 3.8) is 0 Å². The molecule has 0 aliphatic carbocycles. The summed E-state index contributed by atoms with van der Waals surface area (Å²) in [7, 11) is 0. The van der Waals surface area contributed by atoms with E-state index in [1.54, 1.807) is 0 Å². The van der Waals surface area contributed by atoms with E-state index >= 15 is 0 Å². The zero-order valence-electron chi connectivity index (χ0n) is 17.2. The minimum Gasteiger partial charge on any atom is -0.477 e. The van der Waals surface area contributed by atoms with Gasteiger partial charge in [-0.3, -0.25) is 4.79 Å². The van der Waals surface area contributed by atoms with Crippen molar-refractivity contribution in [1.82, 2.24) is 14.7 Å². The van der Waals surface area contributed by atoms with E-state index in [4.69, 9.17) is 4.74 Å². The van der Waals surface area contributed by atoms with E-state index in [1.165, 1.54) is 19.3 Å². The Bertz CT molecular complexity index is 968. The molecule has 0 bridgehead atoms. The lowest BCUT2D eigenvalue weighted by Crippen LogP contribution is -2.31. The van der Waals surface area contributed by atoms with Crippen LogP contribution in [0.25, 0.3) is 0 Å². The third-order valence-electron chi connectivity index (χ3n) is 5.18. The predicted molar refractivity (Wildman–Crippen MR) is 105 cm³/mol. The van der Waals surface area contributed by atoms with E-state index in [0.29, 0.717) is 25.2 Å². The van der Waals surface area contributed by atoms with Crippen molar-refractivity contribution in [2.24, 2.45) is 0 Å². The van der Waals surface area contributed by atoms with Crippen LogP contribution in [0.15, 0.2) is 24.3 Å². The highest BCUT2D eigenvalue weighted by Crippen LogP contribution is 2.32. The molecular formula is C21H23F4N3O4. The SMILES string of the molecule is O=C(Cn1nc(OCCCN2CCCCC2)cc1C(=O)O)c1ccc(F)c(C(F)(F)F)c1. The van der Waals surface area contributed by atoms with Gasteiger partial charge in [-0.25, -0.2) is 13.9 Å². The molecule has 0 atom stereocenters. The molecule has 1 N–H and O–H groups in total. The average Bonchev–Trinajstić information content (AvgIpc) is 3.14. The molecule has 11 heteroatoms. The van der Waals surface area contributed by atoms with E-state index < -0.39 is 41.4 Å². The number of ketones is 1. The van der Waals surface area contributed by atoms with Gasteiger partial charge in [0.15, 0.2) is 11.5 Å². The number of alkyl halides is 3. The third kappa shape index (κ3) is 6.06. The lowest BCUT2D eigenvalue weighted by Gasteiger charge is -2.26. The van der Waals surface area contributed by atoms with Gasteiger partial charge in [0.2, 0.25) is 5.88 Å². The Labute approximate surface area is 181 Å². The first-order valence-corrected chi connectivity index (χ1v) is 10.2. The number of benzene rings is 1. The fourth-order valence-electron chi connectivity index (χ4n) is 3.55. The van der Waals surface area contributed by atoms with Crippen molar-refractivity contribution in [3.05, 3.63) is 46.9 Å². The summed E-state index contributed by atoms with van der Waals surface area (Å²) in [6, 6.07) is 3.02. The number of carbonyl (C=O) groups is 2. The molecule has 2 aromatic rings. The van der Waals surface area contributed by atoms with Crippen LogP contribution in [-0.4, -0.2) is 57.8 Å². The van der Waals surface area contributed by atoms with Gasteiger partial charge >= 0.3 is 12.1 Å². The second-order valence-corrected chi connectivity index (χ2v) is 7.55. The fourth-order valence-corrected chi connectivity index (χ4v) is 3.55. The number of hydrogen-bond acceptors (Lipinski definition) is 5. The molecule has 3 rings (SSSR count). The molecule has 7 nitrogen and oxygen atoms in total. The summed E-state index contributed by atoms with van der Waals surface area (Å²) in [5.74, 6) is -3.72. The van der Waals surface area contributed by atoms with Gasteiger partial charge in [0.25, 0.3) is 0 Å². The van der Waals surface area contributed by atoms with E-state index in [1.807, 2.05) is 0 Å². The summed E-state index contributed by atoms with van der Waals surface area (Å²) in [4.78, 5) is 26.2. The second-order valence-electron chi connectivity index (χ2n) is 7.55. The summed E-state index contributed by atoms with van der Waals surface area (Å²) < 4.78 is 58.5. The number of carboxylic acid groups (broad SMARTS) is 1. The van der Waals surface area contributed by atoms with Gasteiger partial charge in [0, 0.05) is 18.2 Å². The lowest BCUT2D eigenvalue weighted by atomic mass is 10.1. The van der Waals surface area contributed by atoms with Crippen LogP contribution in [0.4, 0.5) is 17.6 Å². The van der Waals surface area contributed by atoms with Crippen molar-refractivity contribution >= 4 is 11.8 Å². The number of piperidine rings is 1. The highest BCUT2D eigenvalue weighted by molar-refractivity contribution is 5.96. The first kappa shape index (κ1) is 23.7. The quantitative estimate of drug-likeness (QED) is 0.350. The minimum absolute atomic E-state index is 0.00364. The molecule has 0 unspecified atom stereocenters. The van der Waals surface area contributed by atoms with Crippen LogP contribution in [0.5, 0.6) is 5.88 Å². The molecule has 1 saturated heterocycles. The number of aromatic carboxylic acids is 1. The molecule has 174 valence electrons. The molecule has 0 radical (unpaired) electrons. The van der Waals surface area contributed by atoms with Crippen molar-refractivity contribution < 1.29 is 37.0 Å². The Morgan fingerprint density at radius 1 is 1.12 bits per heavy atom. The number of ether oxygens (including phenoxy) is 1. The van der Waals surface area contributed by atoms with Crippen LogP contribution in [0.3, 0.4) is 0 Å². The first-order chi connectivity index (χ1) is 15.1. The van der Waals surface area contributed by atoms with Crippen LogP contribution >= 0.6 is 0 Å². The van der Waals surface area contributed by atoms with Gasteiger partial charge in [-0.15, -0.1) is 5.10 Å². The molecular weight excluding hydrogens is 434 g/mol. The molecule has 0 saturated carbocycles. The summed E-state index contributed by atoms with van der Waals surface area (Å²) in [6.45, 7) is 2.59. The van der Waals surface area contributed by atoms with E-state index in [-0.39, 0.29) is 11.6 Å². The van der Waals surface area contributed by atoms with Gasteiger partial charge < -0.3 is 14.7 Å². The number of rotatable bonds is 9. The summed E-state index contributed by atoms with van der Waals surface area (Å²) in [6.07, 6.45) is -0.687. The van der Waals surface area contributed by atoms with Crippen LogP contribution in [-0.2, 0) is 12.7 Å². The average molecular weight is 457 g/mol. The smallest absolute Gasteiger partial charge is 0.419 e. The second kappa shape index (κ2) is 10.1. The van der Waals surface area contributed by atoms with Crippen molar-refractivity contribution in [3.8, 4) is 5.88 Å². The standard InChI is InChI=1S/C21H23F4N3O4/c22-16-6-5-14(11-15(16)21(23,24)25)18(29)13-28-17(20(30)31)12-19(26-28)32-10-4-9-27-7-2-1-3-8-27/h5-6,11-12H,1-4,7-10,13H2,(H,30,31). The summed E-state index contributed by atoms with van der Waals surface area (Å²) in [5, 5.41) is 13.3. The predicted octanol–water partition coefficient (Wildman–Crippen LogP) is 3.88. The Balaban J connectivity index is 1.65. The topological polar surface area (TPSA) is 84.7 Å². The van der Waals surface area contributed by atoms with Crippen LogP contribution in [0.1, 0.15) is 52.1 Å². The summed E-state index contributed by atoms with van der Waals surface area (Å²) >= 11 is 0. The normalized spacial score (nSPS) is 15.0. The highest BCUT2D eigenvalue weighted by atomic mass is 19.4. The Morgan fingerprint density at radius 3 is 2.50 bits per heavy atom. The van der Waals surface area contributed by atoms with Gasteiger partial charge in [0.1, 0.15) is 12.4 Å². The maximum atomic E-state index is 13.4. The molecule has 1 aromatic heterocycles. The molecule has 1 aliphatic heterocycles. The first-order valence-electron chi connectivity index (χ1n) is 10.2. The lowest BCUT2D eigenvalue weighted by molar-refractivity contribution is -0.140. The molecule has 2 heterocycles. The van der Waals surface area contributed by atoms with E-state index in [9.17, 15) is 32.3 Å². The number of aromatic nitrogens is 2. The van der Waals surface area contributed by atoms with Crippen LogP contribution in [0.2, 0.25) is 0 Å². The van der Waals surface area contributed by atoms with Crippen LogP contribution in [0, 0.1) is 5.82 Å². The zero-order valence-corrected chi connectivity index (χ0v) is 17.2. The number of carbonyl (C=O) groups excluding carboxylic acids is 1. The zero-order chi connectivity index (χ0) is 23.3. The van der Waals surface area contributed by atoms with E-state index in [0.717, 1.165) is 36.4 Å². The molecule has 1 aromatic carbocycles. The largest absolute Gasteiger partial charge is 0.477 e. The maximum Gasteiger partial charge on any atom is 0.419 e. The molecule has 1 fully saturated rings. The van der Waals surface area contributed by atoms with Crippen molar-refractivity contribution in [1.29, 1.82) is 0 Å². The number of nitrogens with zero attached hydrogens (tertiary/aromatic N) is 3. The van der Waals surface area contributed by atoms with Crippen LogP contribution < -0.4 is 4.74 Å².